The number of hydrogen-bond donors (Lipinski definition) is 4. The fourth-order valence-corrected chi connectivity index (χ4v) is 3.87. The van der Waals surface area contributed by atoms with E-state index in [0.29, 0.717) is 0 Å². The topological polar surface area (TPSA) is 93.2 Å². The molecule has 6 rings (SSSR count). The van der Waals surface area contributed by atoms with Crippen molar-refractivity contribution in [2.75, 3.05) is 26.2 Å². The molecule has 7 nitrogen and oxygen atoms in total. The van der Waals surface area contributed by atoms with E-state index < -0.39 is 0 Å². The lowest BCUT2D eigenvalue weighted by molar-refractivity contribution is 0.959. The van der Waals surface area contributed by atoms with Crippen LogP contribution in [0.1, 0.15) is 11.3 Å². The molecule has 0 radical (unpaired) electrons. The van der Waals surface area contributed by atoms with Crippen molar-refractivity contribution in [3.63, 3.8) is 0 Å². The Labute approximate surface area is 161 Å². The molecule has 4 aromatic rings. The molecule has 0 saturated heterocycles. The van der Waals surface area contributed by atoms with Crippen LogP contribution >= 0.6 is 0 Å². The molecule has 0 aliphatic carbocycles. The lowest BCUT2D eigenvalue weighted by atomic mass is 10.1. The fourth-order valence-electron chi connectivity index (χ4n) is 3.87. The maximum absolute atomic E-state index is 4.78. The van der Waals surface area contributed by atoms with Crippen molar-refractivity contribution in [1.29, 1.82) is 0 Å². The molecule has 0 saturated carbocycles. The predicted molar refractivity (Wildman–Crippen MR) is 112 cm³/mol. The number of aromatic nitrogens is 3. The van der Waals surface area contributed by atoms with Crippen LogP contribution in [0, 0.1) is 0 Å². The number of amidine groups is 2. The van der Waals surface area contributed by atoms with E-state index in [4.69, 9.17) is 4.98 Å². The molecule has 0 unspecified atom stereocenters. The first kappa shape index (κ1) is 15.4. The standard InChI is InChI=1S/C21H19N7/c1-2-14(10-16-12(1)9-18(26-16)21-24-7-8-25-21)20-27-15-4-3-13(11-17(15)28-20)19-22-5-6-23-19/h1-4,9-11,26H,5-8H2,(H,22,23)(H,24,25)(H,27,28). The Hall–Kier alpha value is -3.61. The van der Waals surface area contributed by atoms with Gasteiger partial charge in [-0.3, -0.25) is 9.98 Å². The average Bonchev–Trinajstić information content (AvgIpc) is 3.52. The molecular formula is C21H19N7. The Bertz CT molecular complexity index is 1250. The van der Waals surface area contributed by atoms with Crippen LogP contribution in [0.15, 0.2) is 52.4 Å². The van der Waals surface area contributed by atoms with Gasteiger partial charge in [-0.1, -0.05) is 12.1 Å². The number of benzene rings is 2. The number of hydrogen-bond acceptors (Lipinski definition) is 5. The highest BCUT2D eigenvalue weighted by Gasteiger charge is 2.13. The second kappa shape index (κ2) is 5.95. The molecule has 138 valence electrons. The van der Waals surface area contributed by atoms with Crippen LogP contribution in [-0.4, -0.2) is 52.8 Å². The molecule has 4 heterocycles. The van der Waals surface area contributed by atoms with Crippen LogP contribution in [0.5, 0.6) is 0 Å². The number of rotatable bonds is 3. The molecule has 0 atom stereocenters. The van der Waals surface area contributed by atoms with Gasteiger partial charge in [-0.05, 0) is 30.3 Å². The fraction of sp³-hybridized carbons (Fsp3) is 0.190. The van der Waals surface area contributed by atoms with Gasteiger partial charge < -0.3 is 20.6 Å². The third-order valence-corrected chi connectivity index (χ3v) is 5.25. The summed E-state index contributed by atoms with van der Waals surface area (Å²) in [6.45, 7) is 3.47. The highest BCUT2D eigenvalue weighted by Crippen LogP contribution is 2.26. The summed E-state index contributed by atoms with van der Waals surface area (Å²) in [6.07, 6.45) is 0. The molecule has 7 heteroatoms. The van der Waals surface area contributed by atoms with E-state index in [2.05, 4.69) is 67.0 Å². The Balaban J connectivity index is 1.39. The summed E-state index contributed by atoms with van der Waals surface area (Å²) in [5, 5.41) is 7.80. The maximum atomic E-state index is 4.78. The van der Waals surface area contributed by atoms with Crippen molar-refractivity contribution in [1.82, 2.24) is 25.6 Å². The first-order chi connectivity index (χ1) is 13.8. The van der Waals surface area contributed by atoms with E-state index >= 15 is 0 Å². The van der Waals surface area contributed by atoms with Gasteiger partial charge in [-0.2, -0.15) is 0 Å². The Kier molecular flexibility index (Phi) is 3.28. The minimum atomic E-state index is 0.832. The zero-order valence-corrected chi connectivity index (χ0v) is 15.2. The number of fused-ring (bicyclic) bond motifs is 2. The Morgan fingerprint density at radius 3 is 2.32 bits per heavy atom. The van der Waals surface area contributed by atoms with Gasteiger partial charge in [0.05, 0.1) is 29.8 Å². The molecule has 28 heavy (non-hydrogen) atoms. The second-order valence-electron chi connectivity index (χ2n) is 7.12. The summed E-state index contributed by atoms with van der Waals surface area (Å²) < 4.78 is 0. The monoisotopic (exact) mass is 369 g/mol. The molecule has 2 aromatic carbocycles. The molecule has 0 amide bonds. The van der Waals surface area contributed by atoms with Crippen LogP contribution in [-0.2, 0) is 0 Å². The van der Waals surface area contributed by atoms with Gasteiger partial charge in [0.1, 0.15) is 17.5 Å². The lowest BCUT2D eigenvalue weighted by Crippen LogP contribution is -2.19. The molecule has 2 aliphatic rings. The van der Waals surface area contributed by atoms with Crippen LogP contribution in [0.4, 0.5) is 0 Å². The number of nitrogens with zero attached hydrogens (tertiary/aromatic N) is 3. The zero-order chi connectivity index (χ0) is 18.5. The molecular weight excluding hydrogens is 350 g/mol. The van der Waals surface area contributed by atoms with Crippen molar-refractivity contribution in [3.05, 3.63) is 53.7 Å². The molecule has 2 aliphatic heterocycles. The van der Waals surface area contributed by atoms with Crippen LogP contribution in [0.2, 0.25) is 0 Å². The first-order valence-corrected chi connectivity index (χ1v) is 9.54. The summed E-state index contributed by atoms with van der Waals surface area (Å²) in [7, 11) is 0. The largest absolute Gasteiger partial charge is 0.368 e. The van der Waals surface area contributed by atoms with Gasteiger partial charge in [-0.15, -0.1) is 0 Å². The van der Waals surface area contributed by atoms with E-state index in [-0.39, 0.29) is 0 Å². The van der Waals surface area contributed by atoms with E-state index in [0.717, 1.165) is 77.0 Å². The highest BCUT2D eigenvalue weighted by molar-refractivity contribution is 6.03. The van der Waals surface area contributed by atoms with Crippen molar-refractivity contribution in [2.24, 2.45) is 9.98 Å². The summed E-state index contributed by atoms with van der Waals surface area (Å²) >= 11 is 0. The quantitative estimate of drug-likeness (QED) is 0.447. The summed E-state index contributed by atoms with van der Waals surface area (Å²) in [6, 6.07) is 14.7. The number of aromatic amines is 2. The predicted octanol–water partition coefficient (Wildman–Crippen LogP) is 2.41. The number of H-pyrrole nitrogens is 2. The highest BCUT2D eigenvalue weighted by atomic mass is 15.1. The third kappa shape index (κ3) is 2.47. The Morgan fingerprint density at radius 2 is 1.50 bits per heavy atom. The van der Waals surface area contributed by atoms with Crippen molar-refractivity contribution in [2.45, 2.75) is 0 Å². The second-order valence-corrected chi connectivity index (χ2v) is 7.12. The van der Waals surface area contributed by atoms with Gasteiger partial charge in [0.15, 0.2) is 0 Å². The normalized spacial score (nSPS) is 16.3. The SMILES string of the molecule is c1cc2nc(-c3ccc4cc(C5=NCCN5)[nH]c4c3)[nH]c2cc1C1=NCCN1. The van der Waals surface area contributed by atoms with Crippen molar-refractivity contribution >= 4 is 33.6 Å². The number of aliphatic imine (C=N–C) groups is 2. The van der Waals surface area contributed by atoms with E-state index in [9.17, 15) is 0 Å². The smallest absolute Gasteiger partial charge is 0.145 e. The molecule has 0 fully saturated rings. The average molecular weight is 369 g/mol. The van der Waals surface area contributed by atoms with Gasteiger partial charge in [0.2, 0.25) is 0 Å². The van der Waals surface area contributed by atoms with Gasteiger partial charge in [0, 0.05) is 35.1 Å². The summed E-state index contributed by atoms with van der Waals surface area (Å²) in [5.41, 5.74) is 6.22. The molecule has 4 N–H and O–H groups in total. The number of imidazole rings is 1. The molecule has 0 bridgehead atoms. The van der Waals surface area contributed by atoms with Gasteiger partial charge in [0.25, 0.3) is 0 Å². The third-order valence-electron chi connectivity index (χ3n) is 5.25. The van der Waals surface area contributed by atoms with E-state index in [1.807, 2.05) is 6.07 Å². The van der Waals surface area contributed by atoms with Crippen LogP contribution in [0.3, 0.4) is 0 Å². The van der Waals surface area contributed by atoms with Crippen molar-refractivity contribution < 1.29 is 0 Å². The summed E-state index contributed by atoms with van der Waals surface area (Å²) in [5.74, 6) is 2.77. The van der Waals surface area contributed by atoms with Gasteiger partial charge in [-0.25, -0.2) is 4.98 Å². The molecule has 0 spiro atoms. The minimum Gasteiger partial charge on any atom is -0.368 e. The Morgan fingerprint density at radius 1 is 0.714 bits per heavy atom. The number of nitrogens with one attached hydrogen (secondary N) is 4. The van der Waals surface area contributed by atoms with Crippen LogP contribution in [0.25, 0.3) is 33.3 Å². The summed E-state index contributed by atoms with van der Waals surface area (Å²) in [4.78, 5) is 20.7. The minimum absolute atomic E-state index is 0.832. The van der Waals surface area contributed by atoms with Crippen molar-refractivity contribution in [3.8, 4) is 11.4 Å². The maximum Gasteiger partial charge on any atom is 0.145 e. The van der Waals surface area contributed by atoms with Gasteiger partial charge >= 0.3 is 0 Å². The zero-order valence-electron chi connectivity index (χ0n) is 15.2. The lowest BCUT2D eigenvalue weighted by Gasteiger charge is -2.01. The molecule has 2 aromatic heterocycles. The van der Waals surface area contributed by atoms with Crippen LogP contribution < -0.4 is 10.6 Å². The van der Waals surface area contributed by atoms with E-state index in [1.54, 1.807) is 0 Å². The van der Waals surface area contributed by atoms with E-state index in [1.165, 1.54) is 5.39 Å². The first-order valence-electron chi connectivity index (χ1n) is 9.54.